The third kappa shape index (κ3) is 1.69. The Morgan fingerprint density at radius 3 is 1.86 bits per heavy atom. The molecule has 0 fully saturated rings. The molecule has 1 aromatic carbocycles. The lowest BCUT2D eigenvalue weighted by Gasteiger charge is -2.28. The molecule has 0 bridgehead atoms. The van der Waals surface area contributed by atoms with E-state index in [1.807, 2.05) is 17.0 Å². The summed E-state index contributed by atoms with van der Waals surface area (Å²) in [6.45, 7) is 6.28. The molecular weight excluding hydrogens is 266 g/mol. The molecule has 4 nitrogen and oxygen atoms in total. The second kappa shape index (κ2) is 4.19. The molecule has 4 heteroatoms. The minimum Gasteiger partial charge on any atom is -0.446 e. The van der Waals surface area contributed by atoms with Crippen molar-refractivity contribution in [2.45, 2.75) is 20.8 Å². The van der Waals surface area contributed by atoms with Gasteiger partial charge in [0.1, 0.15) is 0 Å². The van der Waals surface area contributed by atoms with Crippen LogP contribution in [0, 0.1) is 20.8 Å². The van der Waals surface area contributed by atoms with Gasteiger partial charge in [-0.05, 0) is 31.9 Å². The first-order chi connectivity index (χ1) is 10.1. The van der Waals surface area contributed by atoms with Crippen LogP contribution in [0.2, 0.25) is 0 Å². The largest absolute Gasteiger partial charge is 0.446 e. The van der Waals surface area contributed by atoms with Gasteiger partial charge in [-0.3, -0.25) is 0 Å². The number of anilines is 3. The Balaban J connectivity index is 2.00. The van der Waals surface area contributed by atoms with Gasteiger partial charge < -0.3 is 13.6 Å². The SMILES string of the molecule is Cc1cc(C)c(N2c3occc3Oc3ccoc32)c(C)c1. The third-order valence-corrected chi connectivity index (χ3v) is 3.70. The molecule has 0 spiro atoms. The van der Waals surface area contributed by atoms with Crippen LogP contribution in [0.5, 0.6) is 11.5 Å². The fraction of sp³-hybridized carbons (Fsp3) is 0.176. The number of nitrogens with zero attached hydrogens (tertiary/aromatic N) is 1. The average Bonchev–Trinajstić information content (AvgIpc) is 3.04. The molecule has 106 valence electrons. The normalized spacial score (nSPS) is 12.8. The van der Waals surface area contributed by atoms with Crippen molar-refractivity contribution in [3.63, 3.8) is 0 Å². The Hall–Kier alpha value is -2.62. The van der Waals surface area contributed by atoms with Crippen molar-refractivity contribution < 1.29 is 13.6 Å². The molecule has 1 aliphatic heterocycles. The van der Waals surface area contributed by atoms with Crippen molar-refractivity contribution in [1.29, 1.82) is 0 Å². The first-order valence-electron chi connectivity index (χ1n) is 6.86. The van der Waals surface area contributed by atoms with E-state index in [9.17, 15) is 0 Å². The predicted molar refractivity (Wildman–Crippen MR) is 79.9 cm³/mol. The summed E-state index contributed by atoms with van der Waals surface area (Å²) in [4.78, 5) is 1.98. The summed E-state index contributed by atoms with van der Waals surface area (Å²) in [5.41, 5.74) is 4.64. The Bertz CT molecular complexity index is 765. The molecule has 0 saturated heterocycles. The van der Waals surface area contributed by atoms with Gasteiger partial charge >= 0.3 is 0 Å². The van der Waals surface area contributed by atoms with Gasteiger partial charge in [0.15, 0.2) is 11.5 Å². The monoisotopic (exact) mass is 281 g/mol. The zero-order chi connectivity index (χ0) is 14.6. The Kier molecular flexibility index (Phi) is 2.42. The highest BCUT2D eigenvalue weighted by Gasteiger charge is 2.33. The Morgan fingerprint density at radius 2 is 1.33 bits per heavy atom. The fourth-order valence-electron chi connectivity index (χ4n) is 3.00. The lowest BCUT2D eigenvalue weighted by atomic mass is 10.0. The van der Waals surface area contributed by atoms with E-state index in [0.717, 1.165) is 5.69 Å². The van der Waals surface area contributed by atoms with Crippen LogP contribution < -0.4 is 9.64 Å². The summed E-state index contributed by atoms with van der Waals surface area (Å²) < 4.78 is 17.0. The molecule has 0 radical (unpaired) electrons. The first-order valence-corrected chi connectivity index (χ1v) is 6.86. The van der Waals surface area contributed by atoms with Gasteiger partial charge in [-0.15, -0.1) is 0 Å². The summed E-state index contributed by atoms with van der Waals surface area (Å²) in [7, 11) is 0. The molecule has 0 saturated carbocycles. The number of hydrogen-bond acceptors (Lipinski definition) is 4. The summed E-state index contributed by atoms with van der Waals surface area (Å²) in [6.07, 6.45) is 3.25. The zero-order valence-corrected chi connectivity index (χ0v) is 12.1. The van der Waals surface area contributed by atoms with Gasteiger partial charge in [-0.1, -0.05) is 17.7 Å². The summed E-state index contributed by atoms with van der Waals surface area (Å²) in [5, 5.41) is 0. The molecule has 0 atom stereocenters. The Morgan fingerprint density at radius 1 is 0.810 bits per heavy atom. The van der Waals surface area contributed by atoms with E-state index in [2.05, 4.69) is 32.9 Å². The van der Waals surface area contributed by atoms with Gasteiger partial charge in [0, 0.05) is 12.1 Å². The van der Waals surface area contributed by atoms with Gasteiger partial charge in [-0.2, -0.15) is 0 Å². The minimum atomic E-state index is 0.646. The maximum Gasteiger partial charge on any atom is 0.250 e. The van der Waals surface area contributed by atoms with Crippen molar-refractivity contribution >= 4 is 17.5 Å². The van der Waals surface area contributed by atoms with Crippen LogP contribution >= 0.6 is 0 Å². The van der Waals surface area contributed by atoms with Gasteiger partial charge in [0.2, 0.25) is 0 Å². The molecule has 3 aromatic rings. The van der Waals surface area contributed by atoms with Crippen molar-refractivity contribution in [2.75, 3.05) is 4.90 Å². The molecule has 21 heavy (non-hydrogen) atoms. The lowest BCUT2D eigenvalue weighted by molar-refractivity contribution is 0.438. The van der Waals surface area contributed by atoms with Crippen molar-refractivity contribution in [3.05, 3.63) is 53.5 Å². The second-order valence-electron chi connectivity index (χ2n) is 5.36. The predicted octanol–water partition coefficient (Wildman–Crippen LogP) is 5.37. The molecule has 0 N–H and O–H groups in total. The van der Waals surface area contributed by atoms with Crippen molar-refractivity contribution in [1.82, 2.24) is 0 Å². The lowest BCUT2D eigenvalue weighted by Crippen LogP contribution is -2.15. The van der Waals surface area contributed by atoms with Gasteiger partial charge in [0.25, 0.3) is 11.8 Å². The van der Waals surface area contributed by atoms with E-state index in [0.29, 0.717) is 23.3 Å². The highest BCUT2D eigenvalue weighted by atomic mass is 16.5. The molecule has 2 aromatic heterocycles. The standard InChI is InChI=1S/C17H15NO3/c1-10-8-11(2)15(12(3)9-10)18-16-13(4-6-19-16)21-14-5-7-20-17(14)18/h4-9H,1-3H3. The quantitative estimate of drug-likeness (QED) is 0.470. The number of ether oxygens (including phenoxy) is 1. The van der Waals surface area contributed by atoms with Crippen molar-refractivity contribution in [3.8, 4) is 11.5 Å². The first kappa shape index (κ1) is 12.1. The van der Waals surface area contributed by atoms with Crippen LogP contribution in [0.25, 0.3) is 0 Å². The number of fused-ring (bicyclic) bond motifs is 2. The molecular formula is C17H15NO3. The molecule has 0 amide bonds. The van der Waals surface area contributed by atoms with E-state index in [1.165, 1.54) is 16.7 Å². The fourth-order valence-corrected chi connectivity index (χ4v) is 3.00. The van der Waals surface area contributed by atoms with Crippen molar-refractivity contribution in [2.24, 2.45) is 0 Å². The van der Waals surface area contributed by atoms with Crippen LogP contribution in [0.4, 0.5) is 17.5 Å². The zero-order valence-electron chi connectivity index (χ0n) is 12.1. The number of aryl methyl sites for hydroxylation is 3. The number of benzene rings is 1. The minimum absolute atomic E-state index is 0.646. The van der Waals surface area contributed by atoms with Crippen LogP contribution in [0.1, 0.15) is 16.7 Å². The molecule has 1 aliphatic rings. The second-order valence-corrected chi connectivity index (χ2v) is 5.36. The highest BCUT2D eigenvalue weighted by molar-refractivity contribution is 5.83. The molecule has 0 aliphatic carbocycles. The maximum atomic E-state index is 5.78. The maximum absolute atomic E-state index is 5.78. The van der Waals surface area contributed by atoms with E-state index in [1.54, 1.807) is 12.5 Å². The smallest absolute Gasteiger partial charge is 0.250 e. The Labute approximate surface area is 122 Å². The van der Waals surface area contributed by atoms with Crippen LogP contribution in [0.3, 0.4) is 0 Å². The van der Waals surface area contributed by atoms with Gasteiger partial charge in [-0.25, -0.2) is 4.90 Å². The topological polar surface area (TPSA) is 38.8 Å². The van der Waals surface area contributed by atoms with E-state index in [-0.39, 0.29) is 0 Å². The highest BCUT2D eigenvalue weighted by Crippen LogP contribution is 2.52. The summed E-state index contributed by atoms with van der Waals surface area (Å²) >= 11 is 0. The average molecular weight is 281 g/mol. The van der Waals surface area contributed by atoms with Crippen LogP contribution in [-0.2, 0) is 0 Å². The van der Waals surface area contributed by atoms with E-state index < -0.39 is 0 Å². The van der Waals surface area contributed by atoms with E-state index >= 15 is 0 Å². The van der Waals surface area contributed by atoms with Crippen LogP contribution in [-0.4, -0.2) is 0 Å². The van der Waals surface area contributed by atoms with E-state index in [4.69, 9.17) is 13.6 Å². The summed E-state index contributed by atoms with van der Waals surface area (Å²) in [6, 6.07) is 7.94. The number of hydrogen-bond donors (Lipinski definition) is 0. The molecule has 3 heterocycles. The van der Waals surface area contributed by atoms with Gasteiger partial charge in [0.05, 0.1) is 18.2 Å². The third-order valence-electron chi connectivity index (χ3n) is 3.70. The summed E-state index contributed by atoms with van der Waals surface area (Å²) in [5.74, 6) is 2.69. The number of furan rings is 2. The molecule has 0 unspecified atom stereocenters. The van der Waals surface area contributed by atoms with Crippen LogP contribution in [0.15, 0.2) is 45.6 Å². The molecule has 4 rings (SSSR count). The number of rotatable bonds is 1.